The number of hydrogen-bond donors (Lipinski definition) is 0. The van der Waals surface area contributed by atoms with E-state index in [4.69, 9.17) is 20.8 Å². The maximum absolute atomic E-state index is 14.0. The Hall–Kier alpha value is -3.31. The lowest BCUT2D eigenvalue weighted by molar-refractivity contribution is -0.119. The van der Waals surface area contributed by atoms with Crippen molar-refractivity contribution in [1.29, 1.82) is 0 Å². The maximum atomic E-state index is 14.0. The molecule has 0 saturated carbocycles. The summed E-state index contributed by atoms with van der Waals surface area (Å²) in [4.78, 5) is 29.4. The summed E-state index contributed by atoms with van der Waals surface area (Å²) in [5.41, 5.74) is 3.09. The molecule has 6 heteroatoms. The van der Waals surface area contributed by atoms with Gasteiger partial charge in [-0.05, 0) is 48.7 Å². The van der Waals surface area contributed by atoms with E-state index in [1.807, 2.05) is 48.2 Å². The first kappa shape index (κ1) is 21.2. The third-order valence-corrected chi connectivity index (χ3v) is 7.31. The van der Waals surface area contributed by atoms with Crippen LogP contribution in [0.25, 0.3) is 11.0 Å². The minimum Gasteiger partial charge on any atom is -0.466 e. The van der Waals surface area contributed by atoms with Crippen LogP contribution in [-0.4, -0.2) is 12.3 Å². The molecule has 0 fully saturated rings. The van der Waals surface area contributed by atoms with E-state index in [1.165, 1.54) is 0 Å². The van der Waals surface area contributed by atoms with Crippen molar-refractivity contribution < 1.29 is 13.9 Å². The fourth-order valence-corrected chi connectivity index (χ4v) is 5.64. The molecule has 34 heavy (non-hydrogen) atoms. The van der Waals surface area contributed by atoms with Gasteiger partial charge in [-0.3, -0.25) is 9.59 Å². The second kappa shape index (κ2) is 7.34. The van der Waals surface area contributed by atoms with Crippen LogP contribution in [0.1, 0.15) is 45.1 Å². The van der Waals surface area contributed by atoms with Gasteiger partial charge in [0.05, 0.1) is 23.4 Å². The number of para-hydroxylation sites is 1. The van der Waals surface area contributed by atoms with Gasteiger partial charge in [0, 0.05) is 34.7 Å². The monoisotopic (exact) mass is 473 g/mol. The van der Waals surface area contributed by atoms with Gasteiger partial charge >= 0.3 is 0 Å². The van der Waals surface area contributed by atoms with Crippen LogP contribution in [-0.2, 0) is 9.53 Å². The second-order valence-corrected chi connectivity index (χ2v) is 10.5. The SMILES string of the molecule is CC1=C2CN(c3ccc(Cl)cc3)c3oc4ccccc4c(=O)c3C2C2=C(CC(C)(C)CC2=O)O1. The van der Waals surface area contributed by atoms with Gasteiger partial charge in [0.15, 0.2) is 11.2 Å². The van der Waals surface area contributed by atoms with Crippen molar-refractivity contribution in [2.45, 2.75) is 39.5 Å². The Bertz CT molecular complexity index is 1490. The number of ketones is 1. The zero-order valence-electron chi connectivity index (χ0n) is 19.3. The number of halogens is 1. The lowest BCUT2D eigenvalue weighted by atomic mass is 9.69. The number of Topliss-reactive ketones (excluding diaryl/α,β-unsaturated/α-hetero) is 1. The number of anilines is 2. The fraction of sp³-hybridized carbons (Fsp3) is 0.286. The highest BCUT2D eigenvalue weighted by Gasteiger charge is 2.47. The average molecular weight is 474 g/mol. The highest BCUT2D eigenvalue weighted by Crippen LogP contribution is 2.53. The minimum absolute atomic E-state index is 0.0414. The molecule has 1 unspecified atom stereocenters. The number of fused-ring (bicyclic) bond motifs is 5. The van der Waals surface area contributed by atoms with Crippen LogP contribution >= 0.6 is 11.6 Å². The highest BCUT2D eigenvalue weighted by atomic mass is 35.5. The molecule has 6 rings (SSSR count). The van der Waals surface area contributed by atoms with E-state index < -0.39 is 5.92 Å². The van der Waals surface area contributed by atoms with Gasteiger partial charge in [-0.15, -0.1) is 0 Å². The Labute approximate surface area is 202 Å². The number of nitrogens with zero attached hydrogens (tertiary/aromatic N) is 1. The molecule has 3 heterocycles. The molecular formula is C28H24ClNO4. The predicted molar refractivity (Wildman–Crippen MR) is 133 cm³/mol. The zero-order chi connectivity index (χ0) is 23.8. The number of ether oxygens (including phenoxy) is 1. The number of rotatable bonds is 1. The Balaban J connectivity index is 1.66. The third kappa shape index (κ3) is 3.14. The average Bonchev–Trinajstić information content (AvgIpc) is 2.78. The van der Waals surface area contributed by atoms with E-state index in [-0.39, 0.29) is 16.6 Å². The number of benzene rings is 2. The number of hydrogen-bond acceptors (Lipinski definition) is 5. The second-order valence-electron chi connectivity index (χ2n) is 10.1. The quantitative estimate of drug-likeness (QED) is 0.397. The van der Waals surface area contributed by atoms with E-state index >= 15 is 0 Å². The topological polar surface area (TPSA) is 59.8 Å². The molecule has 3 aromatic rings. The van der Waals surface area contributed by atoms with Crippen molar-refractivity contribution in [3.63, 3.8) is 0 Å². The number of allylic oxidation sites excluding steroid dienone is 3. The lowest BCUT2D eigenvalue weighted by Gasteiger charge is -2.43. The summed E-state index contributed by atoms with van der Waals surface area (Å²) in [5.74, 6) is 1.47. The molecule has 172 valence electrons. The molecule has 5 nitrogen and oxygen atoms in total. The molecular weight excluding hydrogens is 450 g/mol. The Morgan fingerprint density at radius 2 is 1.76 bits per heavy atom. The maximum Gasteiger partial charge on any atom is 0.208 e. The van der Waals surface area contributed by atoms with Crippen molar-refractivity contribution >= 4 is 39.9 Å². The summed E-state index contributed by atoms with van der Waals surface area (Å²) in [5, 5.41) is 1.13. The van der Waals surface area contributed by atoms with Crippen LogP contribution in [0.3, 0.4) is 0 Å². The van der Waals surface area contributed by atoms with Crippen molar-refractivity contribution in [3.05, 3.63) is 92.0 Å². The molecule has 1 aromatic heterocycles. The first-order chi connectivity index (χ1) is 16.2. The zero-order valence-corrected chi connectivity index (χ0v) is 20.0. The van der Waals surface area contributed by atoms with E-state index in [0.717, 1.165) is 17.0 Å². The Kier molecular flexibility index (Phi) is 4.59. The predicted octanol–water partition coefficient (Wildman–Crippen LogP) is 6.63. The third-order valence-electron chi connectivity index (χ3n) is 7.06. The van der Waals surface area contributed by atoms with Crippen molar-refractivity contribution in [2.75, 3.05) is 11.4 Å². The normalized spacial score (nSPS) is 21.2. The van der Waals surface area contributed by atoms with Crippen molar-refractivity contribution in [2.24, 2.45) is 5.41 Å². The fourth-order valence-electron chi connectivity index (χ4n) is 5.51. The number of carbonyl (C=O) groups is 1. The summed E-state index contributed by atoms with van der Waals surface area (Å²) in [7, 11) is 0. The molecule has 0 radical (unpaired) electrons. The van der Waals surface area contributed by atoms with E-state index in [9.17, 15) is 9.59 Å². The molecule has 0 saturated heterocycles. The van der Waals surface area contributed by atoms with Gasteiger partial charge in [-0.1, -0.05) is 37.6 Å². The molecule has 0 N–H and O–H groups in total. The van der Waals surface area contributed by atoms with E-state index in [1.54, 1.807) is 12.1 Å². The van der Waals surface area contributed by atoms with E-state index in [2.05, 4.69) is 13.8 Å². The van der Waals surface area contributed by atoms with Gasteiger partial charge in [-0.2, -0.15) is 0 Å². The standard InChI is InChI=1S/C28H24ClNO4/c1-15-19-14-30(17-10-8-16(29)9-11-17)27-25(26(32)18-6-4-5-7-21(18)34-27)23(19)24-20(31)12-28(2,3)13-22(24)33-15/h4-11,23H,12-14H2,1-3H3. The molecule has 0 amide bonds. The molecule has 1 atom stereocenters. The summed E-state index contributed by atoms with van der Waals surface area (Å²) in [6, 6.07) is 14.7. The highest BCUT2D eigenvalue weighted by molar-refractivity contribution is 6.30. The molecule has 2 aliphatic heterocycles. The first-order valence-corrected chi connectivity index (χ1v) is 11.8. The van der Waals surface area contributed by atoms with Crippen LogP contribution in [0.4, 0.5) is 11.6 Å². The van der Waals surface area contributed by atoms with Gasteiger partial charge in [0.2, 0.25) is 5.88 Å². The summed E-state index contributed by atoms with van der Waals surface area (Å²) < 4.78 is 12.7. The van der Waals surface area contributed by atoms with Gasteiger partial charge in [-0.25, -0.2) is 0 Å². The summed E-state index contributed by atoms with van der Waals surface area (Å²) >= 11 is 6.14. The van der Waals surface area contributed by atoms with E-state index in [0.29, 0.717) is 58.2 Å². The van der Waals surface area contributed by atoms with Gasteiger partial charge < -0.3 is 14.1 Å². The molecule has 3 aliphatic rings. The molecule has 0 spiro atoms. The minimum atomic E-state index is -0.466. The van der Waals surface area contributed by atoms with Crippen LogP contribution in [0.5, 0.6) is 0 Å². The summed E-state index contributed by atoms with van der Waals surface area (Å²) in [6.45, 7) is 6.52. The van der Waals surface area contributed by atoms with Gasteiger partial charge in [0.1, 0.15) is 17.1 Å². The van der Waals surface area contributed by atoms with Crippen LogP contribution < -0.4 is 10.3 Å². The van der Waals surface area contributed by atoms with Gasteiger partial charge in [0.25, 0.3) is 0 Å². The largest absolute Gasteiger partial charge is 0.466 e. The van der Waals surface area contributed by atoms with Crippen molar-refractivity contribution in [3.8, 4) is 0 Å². The summed E-state index contributed by atoms with van der Waals surface area (Å²) in [6.07, 6.45) is 1.08. The molecule has 1 aliphatic carbocycles. The van der Waals surface area contributed by atoms with Crippen molar-refractivity contribution in [1.82, 2.24) is 0 Å². The van der Waals surface area contributed by atoms with Crippen LogP contribution in [0.15, 0.2) is 80.4 Å². The molecule has 0 bridgehead atoms. The smallest absolute Gasteiger partial charge is 0.208 e. The van der Waals surface area contributed by atoms with Crippen LogP contribution in [0, 0.1) is 5.41 Å². The number of carbonyl (C=O) groups excluding carboxylic acids is 1. The lowest BCUT2D eigenvalue weighted by Crippen LogP contribution is -2.40. The van der Waals surface area contributed by atoms with Crippen LogP contribution in [0.2, 0.25) is 5.02 Å². The first-order valence-electron chi connectivity index (χ1n) is 11.5. The molecule has 2 aromatic carbocycles. The Morgan fingerprint density at radius 1 is 1.03 bits per heavy atom. The Morgan fingerprint density at radius 3 is 2.53 bits per heavy atom.